The molecule has 0 aliphatic heterocycles. The first-order valence-electron chi connectivity index (χ1n) is 6.10. The molecule has 0 bridgehead atoms. The molecule has 3 rings (SSSR count). The lowest BCUT2D eigenvalue weighted by molar-refractivity contribution is 0.215. The van der Waals surface area contributed by atoms with Crippen molar-refractivity contribution < 1.29 is 9.57 Å². The highest BCUT2D eigenvalue weighted by Crippen LogP contribution is 2.27. The van der Waals surface area contributed by atoms with Crippen LogP contribution >= 0.6 is 11.6 Å². The number of ether oxygens (including phenoxy) is 1. The Hall–Kier alpha value is -2.60. The summed E-state index contributed by atoms with van der Waals surface area (Å²) in [7, 11) is 1.44. The van der Waals surface area contributed by atoms with Gasteiger partial charge in [0.2, 0.25) is 5.88 Å². The molecule has 0 saturated carbocycles. The minimum atomic E-state index is 0.239. The number of oxime groups is 1. The number of nitrogens with one attached hydrogen (secondary N) is 1. The minimum Gasteiger partial charge on any atom is -0.438 e. The molecule has 0 spiro atoms. The van der Waals surface area contributed by atoms with Crippen LogP contribution in [0.3, 0.4) is 0 Å². The van der Waals surface area contributed by atoms with E-state index in [-0.39, 0.29) is 5.15 Å². The first-order chi connectivity index (χ1) is 10.3. The lowest BCUT2D eigenvalue weighted by atomic mass is 10.2. The van der Waals surface area contributed by atoms with Crippen molar-refractivity contribution >= 4 is 28.7 Å². The smallest absolute Gasteiger partial charge is 0.232 e. The van der Waals surface area contributed by atoms with Gasteiger partial charge in [0.05, 0.1) is 11.8 Å². The van der Waals surface area contributed by atoms with Crippen molar-refractivity contribution in [3.05, 3.63) is 47.5 Å². The number of hydrogen-bond donors (Lipinski definition) is 1. The van der Waals surface area contributed by atoms with E-state index in [0.717, 1.165) is 10.9 Å². The number of benzene rings is 1. The Kier molecular flexibility index (Phi) is 3.70. The Labute approximate surface area is 125 Å². The second kappa shape index (κ2) is 5.80. The maximum atomic E-state index is 6.03. The van der Waals surface area contributed by atoms with Gasteiger partial charge in [-0.25, -0.2) is 9.97 Å². The summed E-state index contributed by atoms with van der Waals surface area (Å²) in [5.74, 6) is 0.953. The lowest BCUT2D eigenvalue weighted by Crippen LogP contribution is -1.97. The summed E-state index contributed by atoms with van der Waals surface area (Å²) in [6.07, 6.45) is 4.61. The molecule has 0 fully saturated rings. The molecule has 0 aliphatic carbocycles. The maximum absolute atomic E-state index is 6.03. The quantitative estimate of drug-likeness (QED) is 0.455. The molecule has 0 saturated heterocycles. The molecule has 0 aliphatic rings. The number of fused-ring (bicyclic) bond motifs is 1. The highest BCUT2D eigenvalue weighted by molar-refractivity contribution is 6.32. The van der Waals surface area contributed by atoms with Crippen molar-refractivity contribution in [1.29, 1.82) is 0 Å². The van der Waals surface area contributed by atoms with E-state index >= 15 is 0 Å². The van der Waals surface area contributed by atoms with Crippen LogP contribution in [0.1, 0.15) is 5.56 Å². The van der Waals surface area contributed by atoms with Crippen LogP contribution in [0.15, 0.2) is 41.9 Å². The van der Waals surface area contributed by atoms with Crippen LogP contribution in [-0.4, -0.2) is 28.3 Å². The molecule has 2 aromatic heterocycles. The second-order valence-electron chi connectivity index (χ2n) is 4.13. The molecule has 0 atom stereocenters. The predicted molar refractivity (Wildman–Crippen MR) is 80.0 cm³/mol. The number of aromatic nitrogens is 3. The van der Waals surface area contributed by atoms with E-state index in [1.807, 2.05) is 30.5 Å². The SMILES string of the molecule is CO/N=C/c1c(Cl)ncnc1Oc1ccc2[nH]ccc2c1. The summed E-state index contributed by atoms with van der Waals surface area (Å²) in [6, 6.07) is 7.63. The topological polar surface area (TPSA) is 72.4 Å². The van der Waals surface area contributed by atoms with Crippen molar-refractivity contribution in [2.24, 2.45) is 5.16 Å². The number of nitrogens with zero attached hydrogens (tertiary/aromatic N) is 3. The molecular weight excluding hydrogens is 292 g/mol. The van der Waals surface area contributed by atoms with E-state index in [0.29, 0.717) is 17.2 Å². The molecule has 0 amide bonds. The molecule has 1 N–H and O–H groups in total. The van der Waals surface area contributed by atoms with Gasteiger partial charge in [0.15, 0.2) is 0 Å². The summed E-state index contributed by atoms with van der Waals surface area (Å²) >= 11 is 6.03. The number of hydrogen-bond acceptors (Lipinski definition) is 5. The fraction of sp³-hybridized carbons (Fsp3) is 0.0714. The second-order valence-corrected chi connectivity index (χ2v) is 4.49. The maximum Gasteiger partial charge on any atom is 0.232 e. The Morgan fingerprint density at radius 1 is 1.29 bits per heavy atom. The largest absolute Gasteiger partial charge is 0.438 e. The van der Waals surface area contributed by atoms with Crippen LogP contribution in [0.25, 0.3) is 10.9 Å². The van der Waals surface area contributed by atoms with Gasteiger partial charge in [-0.05, 0) is 24.3 Å². The summed E-state index contributed by atoms with van der Waals surface area (Å²) in [4.78, 5) is 15.7. The number of rotatable bonds is 4. The Morgan fingerprint density at radius 2 is 2.19 bits per heavy atom. The fourth-order valence-electron chi connectivity index (χ4n) is 1.86. The molecule has 0 unspecified atom stereocenters. The summed E-state index contributed by atoms with van der Waals surface area (Å²) in [5.41, 5.74) is 1.49. The minimum absolute atomic E-state index is 0.239. The molecule has 7 heteroatoms. The van der Waals surface area contributed by atoms with Crippen LogP contribution in [0, 0.1) is 0 Å². The van der Waals surface area contributed by atoms with Crippen LogP contribution in [0.5, 0.6) is 11.6 Å². The third kappa shape index (κ3) is 2.80. The van der Waals surface area contributed by atoms with Crippen molar-refractivity contribution in [1.82, 2.24) is 15.0 Å². The summed E-state index contributed by atoms with van der Waals surface area (Å²) in [6.45, 7) is 0. The van der Waals surface area contributed by atoms with E-state index in [1.54, 1.807) is 0 Å². The highest BCUT2D eigenvalue weighted by Gasteiger charge is 2.11. The fourth-order valence-corrected chi connectivity index (χ4v) is 2.03. The average molecular weight is 303 g/mol. The van der Waals surface area contributed by atoms with E-state index in [4.69, 9.17) is 16.3 Å². The van der Waals surface area contributed by atoms with Gasteiger partial charge in [0.1, 0.15) is 24.3 Å². The van der Waals surface area contributed by atoms with Crippen LogP contribution in [0.4, 0.5) is 0 Å². The number of aromatic amines is 1. The molecule has 3 aromatic rings. The Bertz CT molecular complexity index is 801. The van der Waals surface area contributed by atoms with Crippen molar-refractivity contribution in [3.63, 3.8) is 0 Å². The van der Waals surface area contributed by atoms with E-state index in [1.165, 1.54) is 19.7 Å². The average Bonchev–Trinajstić information content (AvgIpc) is 2.94. The lowest BCUT2D eigenvalue weighted by Gasteiger charge is -2.08. The molecular formula is C14H11ClN4O2. The molecule has 6 nitrogen and oxygen atoms in total. The standard InChI is InChI=1S/C14H11ClN4O2/c1-20-19-7-11-13(15)17-8-18-14(11)21-10-2-3-12-9(6-10)4-5-16-12/h2-8,16H,1H3/b19-7+. The molecule has 106 valence electrons. The van der Waals surface area contributed by atoms with E-state index in [9.17, 15) is 0 Å². The third-order valence-electron chi connectivity index (χ3n) is 2.83. The van der Waals surface area contributed by atoms with Crippen LogP contribution in [0.2, 0.25) is 5.15 Å². The van der Waals surface area contributed by atoms with Crippen LogP contribution in [-0.2, 0) is 4.84 Å². The number of H-pyrrole nitrogens is 1. The monoisotopic (exact) mass is 302 g/mol. The highest BCUT2D eigenvalue weighted by atomic mass is 35.5. The Balaban J connectivity index is 1.96. The van der Waals surface area contributed by atoms with Gasteiger partial charge in [-0.3, -0.25) is 0 Å². The zero-order valence-corrected chi connectivity index (χ0v) is 11.8. The van der Waals surface area contributed by atoms with Gasteiger partial charge in [-0.1, -0.05) is 16.8 Å². The van der Waals surface area contributed by atoms with Crippen molar-refractivity contribution in [2.45, 2.75) is 0 Å². The van der Waals surface area contributed by atoms with Crippen LogP contribution < -0.4 is 4.74 Å². The van der Waals surface area contributed by atoms with E-state index in [2.05, 4.69) is 24.9 Å². The van der Waals surface area contributed by atoms with Crippen molar-refractivity contribution in [2.75, 3.05) is 7.11 Å². The van der Waals surface area contributed by atoms with E-state index < -0.39 is 0 Å². The Morgan fingerprint density at radius 3 is 3.05 bits per heavy atom. The molecule has 1 aromatic carbocycles. The summed E-state index contributed by atoms with van der Waals surface area (Å²) < 4.78 is 5.77. The zero-order valence-electron chi connectivity index (χ0n) is 11.1. The first kappa shape index (κ1) is 13.4. The van der Waals surface area contributed by atoms with Gasteiger partial charge in [-0.2, -0.15) is 0 Å². The molecule has 2 heterocycles. The molecule has 0 radical (unpaired) electrons. The summed E-state index contributed by atoms with van der Waals surface area (Å²) in [5, 5.41) is 4.95. The third-order valence-corrected chi connectivity index (χ3v) is 3.13. The van der Waals surface area contributed by atoms with Gasteiger partial charge in [0, 0.05) is 17.1 Å². The van der Waals surface area contributed by atoms with Gasteiger partial charge >= 0.3 is 0 Å². The number of halogens is 1. The predicted octanol–water partition coefficient (Wildman–Crippen LogP) is 3.38. The zero-order chi connectivity index (χ0) is 14.7. The van der Waals surface area contributed by atoms with Gasteiger partial charge < -0.3 is 14.6 Å². The van der Waals surface area contributed by atoms with Crippen molar-refractivity contribution in [3.8, 4) is 11.6 Å². The van der Waals surface area contributed by atoms with Gasteiger partial charge in [-0.15, -0.1) is 0 Å². The van der Waals surface area contributed by atoms with Gasteiger partial charge in [0.25, 0.3) is 0 Å². The molecule has 21 heavy (non-hydrogen) atoms. The first-order valence-corrected chi connectivity index (χ1v) is 6.48. The normalized spacial score (nSPS) is 11.1.